The fourth-order valence-electron chi connectivity index (χ4n) is 2.54. The van der Waals surface area contributed by atoms with Crippen LogP contribution >= 0.6 is 0 Å². The second-order valence-electron chi connectivity index (χ2n) is 5.99. The van der Waals surface area contributed by atoms with Gasteiger partial charge < -0.3 is 10.6 Å². The first-order valence-electron chi connectivity index (χ1n) is 8.44. The van der Waals surface area contributed by atoms with E-state index in [2.05, 4.69) is 10.6 Å². The summed E-state index contributed by atoms with van der Waals surface area (Å²) >= 11 is 0. The predicted octanol–water partition coefficient (Wildman–Crippen LogP) is 2.18. The Balaban J connectivity index is 1.81. The van der Waals surface area contributed by atoms with E-state index in [0.717, 1.165) is 12.1 Å². The lowest BCUT2D eigenvalue weighted by Gasteiger charge is -2.16. The van der Waals surface area contributed by atoms with Crippen molar-refractivity contribution in [1.82, 2.24) is 15.5 Å². The lowest BCUT2D eigenvalue weighted by molar-refractivity contribution is -0.122. The maximum Gasteiger partial charge on any atom is 0.251 e. The minimum absolute atomic E-state index is 0.0400. The molecule has 5 nitrogen and oxygen atoms in total. The molecule has 0 heterocycles. The number of benzene rings is 2. The number of amides is 2. The maximum absolute atomic E-state index is 12.1. The van der Waals surface area contributed by atoms with Crippen LogP contribution in [0.5, 0.6) is 0 Å². The summed E-state index contributed by atoms with van der Waals surface area (Å²) in [5.74, 6) is -0.139. The average molecular weight is 339 g/mol. The zero-order valence-corrected chi connectivity index (χ0v) is 14.8. The molecule has 0 unspecified atom stereocenters. The van der Waals surface area contributed by atoms with Crippen LogP contribution in [0.2, 0.25) is 0 Å². The number of hydrogen-bond acceptors (Lipinski definition) is 3. The summed E-state index contributed by atoms with van der Waals surface area (Å²) in [4.78, 5) is 25.9. The van der Waals surface area contributed by atoms with Crippen molar-refractivity contribution in [2.24, 2.45) is 0 Å². The number of hydrogen-bond donors (Lipinski definition) is 2. The summed E-state index contributed by atoms with van der Waals surface area (Å²) in [5.41, 5.74) is 2.69. The van der Waals surface area contributed by atoms with Gasteiger partial charge in [-0.1, -0.05) is 42.5 Å². The van der Waals surface area contributed by atoms with Crippen molar-refractivity contribution in [3.8, 4) is 0 Å². The Kier molecular flexibility index (Phi) is 7.16. The molecule has 132 valence electrons. The van der Waals surface area contributed by atoms with Gasteiger partial charge in [0.1, 0.15) is 0 Å². The highest BCUT2D eigenvalue weighted by molar-refractivity contribution is 5.94. The molecule has 2 rings (SSSR count). The third-order valence-electron chi connectivity index (χ3n) is 3.73. The van der Waals surface area contributed by atoms with E-state index < -0.39 is 0 Å². The maximum atomic E-state index is 12.1. The van der Waals surface area contributed by atoms with Crippen molar-refractivity contribution in [2.75, 3.05) is 20.1 Å². The second kappa shape index (κ2) is 9.59. The van der Waals surface area contributed by atoms with Crippen molar-refractivity contribution >= 4 is 11.8 Å². The molecule has 0 bridgehead atoms. The van der Waals surface area contributed by atoms with E-state index in [1.54, 1.807) is 12.1 Å². The summed E-state index contributed by atoms with van der Waals surface area (Å²) < 4.78 is 0. The molecule has 5 heteroatoms. The largest absolute Gasteiger partial charge is 0.352 e. The lowest BCUT2D eigenvalue weighted by atomic mass is 10.1. The summed E-state index contributed by atoms with van der Waals surface area (Å²) in [6.07, 6.45) is 0. The molecule has 0 aromatic heterocycles. The van der Waals surface area contributed by atoms with Crippen molar-refractivity contribution in [2.45, 2.75) is 20.0 Å². The summed E-state index contributed by atoms with van der Waals surface area (Å²) in [6, 6.07) is 17.3. The summed E-state index contributed by atoms with van der Waals surface area (Å²) in [6.45, 7) is 3.93. The first kappa shape index (κ1) is 18.7. The van der Waals surface area contributed by atoms with Gasteiger partial charge in [-0.3, -0.25) is 14.5 Å². The number of nitrogens with one attached hydrogen (secondary N) is 2. The van der Waals surface area contributed by atoms with Crippen LogP contribution < -0.4 is 10.6 Å². The molecular weight excluding hydrogens is 314 g/mol. The van der Waals surface area contributed by atoms with Crippen LogP contribution in [0.1, 0.15) is 28.4 Å². The zero-order chi connectivity index (χ0) is 18.1. The smallest absolute Gasteiger partial charge is 0.251 e. The van der Waals surface area contributed by atoms with E-state index in [9.17, 15) is 9.59 Å². The van der Waals surface area contributed by atoms with Gasteiger partial charge in [0, 0.05) is 25.2 Å². The van der Waals surface area contributed by atoms with Crippen LogP contribution in [0.15, 0.2) is 54.6 Å². The first-order chi connectivity index (χ1) is 12.1. The molecule has 0 atom stereocenters. The van der Waals surface area contributed by atoms with Crippen LogP contribution in [0.4, 0.5) is 0 Å². The van der Waals surface area contributed by atoms with E-state index in [1.807, 2.05) is 61.3 Å². The van der Waals surface area contributed by atoms with E-state index in [4.69, 9.17) is 0 Å². The highest BCUT2D eigenvalue weighted by atomic mass is 16.2. The Morgan fingerprint density at radius 2 is 1.68 bits per heavy atom. The molecule has 0 saturated carbocycles. The number of rotatable bonds is 8. The van der Waals surface area contributed by atoms with Gasteiger partial charge in [0.2, 0.25) is 5.91 Å². The molecule has 0 saturated heterocycles. The Hall–Kier alpha value is -2.66. The first-order valence-corrected chi connectivity index (χ1v) is 8.44. The fraction of sp³-hybridized carbons (Fsp3) is 0.300. The monoisotopic (exact) mass is 339 g/mol. The Morgan fingerprint density at radius 3 is 2.40 bits per heavy atom. The number of nitrogens with zero attached hydrogens (tertiary/aromatic N) is 1. The third kappa shape index (κ3) is 6.39. The normalized spacial score (nSPS) is 10.5. The van der Waals surface area contributed by atoms with Gasteiger partial charge in [-0.2, -0.15) is 0 Å². The minimum atomic E-state index is -0.0988. The fourth-order valence-corrected chi connectivity index (χ4v) is 2.54. The van der Waals surface area contributed by atoms with Crippen molar-refractivity contribution < 1.29 is 9.59 Å². The van der Waals surface area contributed by atoms with Gasteiger partial charge in [-0.05, 0) is 37.2 Å². The molecule has 25 heavy (non-hydrogen) atoms. The molecule has 0 aliphatic heterocycles. The molecule has 0 aliphatic rings. The highest BCUT2D eigenvalue weighted by Crippen LogP contribution is 2.06. The van der Waals surface area contributed by atoms with Crippen LogP contribution in [0.25, 0.3) is 0 Å². The van der Waals surface area contributed by atoms with E-state index in [1.165, 1.54) is 5.56 Å². The molecule has 0 spiro atoms. The van der Waals surface area contributed by atoms with Gasteiger partial charge in [0.05, 0.1) is 6.54 Å². The molecule has 2 aromatic carbocycles. The highest BCUT2D eigenvalue weighted by Gasteiger charge is 2.08. The Labute approximate surface area is 149 Å². The van der Waals surface area contributed by atoms with E-state index in [-0.39, 0.29) is 11.8 Å². The van der Waals surface area contributed by atoms with Crippen molar-refractivity contribution in [3.05, 3.63) is 71.3 Å². The Bertz CT molecular complexity index is 701. The average Bonchev–Trinajstić information content (AvgIpc) is 2.61. The lowest BCUT2D eigenvalue weighted by Crippen LogP contribution is -2.34. The predicted molar refractivity (Wildman–Crippen MR) is 99.1 cm³/mol. The standard InChI is InChI=1S/C20H25N3O2/c1-3-21-20(25)18-11-7-10-17(12-18)13-22-19(24)15-23(2)14-16-8-5-4-6-9-16/h4-12H,3,13-15H2,1-2H3,(H,21,25)(H,22,24). The number of carbonyl (C=O) groups excluding carboxylic acids is 2. The van der Waals surface area contributed by atoms with Gasteiger partial charge in [0.25, 0.3) is 5.91 Å². The molecular formula is C20H25N3O2. The summed E-state index contributed by atoms with van der Waals surface area (Å²) in [5, 5.41) is 5.67. The summed E-state index contributed by atoms with van der Waals surface area (Å²) in [7, 11) is 1.92. The number of carbonyl (C=O) groups is 2. The molecule has 0 fully saturated rings. The van der Waals surface area contributed by atoms with E-state index in [0.29, 0.717) is 25.2 Å². The molecule has 2 N–H and O–H groups in total. The SMILES string of the molecule is CCNC(=O)c1cccc(CNC(=O)CN(C)Cc2ccccc2)c1. The van der Waals surface area contributed by atoms with Crippen LogP contribution in [0.3, 0.4) is 0 Å². The van der Waals surface area contributed by atoms with E-state index >= 15 is 0 Å². The molecule has 0 radical (unpaired) electrons. The van der Waals surface area contributed by atoms with Crippen LogP contribution in [0, 0.1) is 0 Å². The van der Waals surface area contributed by atoms with Crippen LogP contribution in [-0.2, 0) is 17.9 Å². The van der Waals surface area contributed by atoms with Crippen LogP contribution in [-0.4, -0.2) is 36.9 Å². The second-order valence-corrected chi connectivity index (χ2v) is 5.99. The topological polar surface area (TPSA) is 61.4 Å². The quantitative estimate of drug-likeness (QED) is 0.775. The van der Waals surface area contributed by atoms with Crippen molar-refractivity contribution in [1.29, 1.82) is 0 Å². The van der Waals surface area contributed by atoms with Gasteiger partial charge in [0.15, 0.2) is 0 Å². The minimum Gasteiger partial charge on any atom is -0.352 e. The van der Waals surface area contributed by atoms with Gasteiger partial charge >= 0.3 is 0 Å². The molecule has 2 aromatic rings. The molecule has 2 amide bonds. The van der Waals surface area contributed by atoms with Crippen molar-refractivity contribution in [3.63, 3.8) is 0 Å². The van der Waals surface area contributed by atoms with Gasteiger partial charge in [-0.25, -0.2) is 0 Å². The zero-order valence-electron chi connectivity index (χ0n) is 14.8. The third-order valence-corrected chi connectivity index (χ3v) is 3.73. The van der Waals surface area contributed by atoms with Gasteiger partial charge in [-0.15, -0.1) is 0 Å². The number of likely N-dealkylation sites (N-methyl/N-ethyl adjacent to an activating group) is 1. The molecule has 0 aliphatic carbocycles. The Morgan fingerprint density at radius 1 is 0.960 bits per heavy atom.